The van der Waals surface area contributed by atoms with E-state index in [9.17, 15) is 13.2 Å². The number of ether oxygens (including phenoxy) is 1. The van der Waals surface area contributed by atoms with Crippen molar-refractivity contribution in [3.63, 3.8) is 0 Å². The lowest BCUT2D eigenvalue weighted by molar-refractivity contribution is 0.0563. The molecule has 24 heavy (non-hydrogen) atoms. The second kappa shape index (κ2) is 6.98. The lowest BCUT2D eigenvalue weighted by Gasteiger charge is -2.01. The Hall–Kier alpha value is -1.81. The monoisotopic (exact) mass is 372 g/mol. The number of hydrogen-bond donors (Lipinski definition) is 0. The lowest BCUT2D eigenvalue weighted by Crippen LogP contribution is -2.07. The maximum atomic E-state index is 11.5. The molecule has 1 saturated heterocycles. The molecule has 0 radical (unpaired) electrons. The van der Waals surface area contributed by atoms with Crippen molar-refractivity contribution in [2.75, 3.05) is 18.6 Å². The van der Waals surface area contributed by atoms with Gasteiger partial charge in [-0.3, -0.25) is 0 Å². The minimum absolute atomic E-state index is 0.0426. The summed E-state index contributed by atoms with van der Waals surface area (Å²) in [4.78, 5) is 11.3. The Morgan fingerprint density at radius 3 is 2.92 bits per heavy atom. The van der Waals surface area contributed by atoms with E-state index in [1.807, 2.05) is 0 Å². The van der Waals surface area contributed by atoms with Crippen LogP contribution in [0.4, 0.5) is 0 Å². The topological polar surface area (TPSA) is 112 Å². The average molecular weight is 372 g/mol. The third-order valence-corrected chi connectivity index (χ3v) is 6.30. The van der Waals surface area contributed by atoms with Gasteiger partial charge in [-0.25, -0.2) is 13.2 Å². The molecule has 1 unspecified atom stereocenters. The molecular weight excluding hydrogens is 356 g/mol. The molecule has 10 heteroatoms. The molecule has 0 amide bonds. The Bertz CT molecular complexity index is 826. The van der Waals surface area contributed by atoms with E-state index in [1.165, 1.54) is 18.9 Å². The molecule has 3 heterocycles. The summed E-state index contributed by atoms with van der Waals surface area (Å²) in [7, 11) is -1.62. The van der Waals surface area contributed by atoms with E-state index in [-0.39, 0.29) is 23.2 Å². The van der Waals surface area contributed by atoms with Crippen LogP contribution < -0.4 is 0 Å². The minimum Gasteiger partial charge on any atom is -0.463 e. The molecule has 0 aromatic carbocycles. The van der Waals surface area contributed by atoms with Crippen LogP contribution in [0.25, 0.3) is 0 Å². The van der Waals surface area contributed by atoms with Crippen LogP contribution in [0.2, 0.25) is 0 Å². The van der Waals surface area contributed by atoms with Gasteiger partial charge in [0.2, 0.25) is 11.7 Å². The van der Waals surface area contributed by atoms with E-state index in [0.717, 1.165) is 0 Å². The number of hydrogen-bond acceptors (Lipinski definition) is 9. The number of carbonyl (C=O) groups is 1. The Labute approximate surface area is 142 Å². The molecule has 0 aliphatic carbocycles. The second-order valence-electron chi connectivity index (χ2n) is 5.48. The molecule has 0 bridgehead atoms. The Balaban J connectivity index is 1.53. The van der Waals surface area contributed by atoms with Crippen molar-refractivity contribution < 1.29 is 26.8 Å². The van der Waals surface area contributed by atoms with Crippen LogP contribution in [0.3, 0.4) is 0 Å². The quantitative estimate of drug-likeness (QED) is 0.552. The first-order chi connectivity index (χ1) is 11.4. The van der Waals surface area contributed by atoms with Crippen LogP contribution in [0.1, 0.15) is 28.6 Å². The zero-order valence-corrected chi connectivity index (χ0v) is 14.6. The molecule has 1 aliphatic heterocycles. The lowest BCUT2D eigenvalue weighted by atomic mass is 10.1. The summed E-state index contributed by atoms with van der Waals surface area (Å²) >= 11 is 1.28. The van der Waals surface area contributed by atoms with Crippen molar-refractivity contribution >= 4 is 27.6 Å². The van der Waals surface area contributed by atoms with Gasteiger partial charge in [-0.05, 0) is 24.5 Å². The van der Waals surface area contributed by atoms with Gasteiger partial charge in [-0.2, -0.15) is 0 Å². The van der Waals surface area contributed by atoms with Crippen LogP contribution in [0, 0.1) is 5.92 Å². The van der Waals surface area contributed by atoms with Gasteiger partial charge in [0.05, 0.1) is 24.4 Å². The van der Waals surface area contributed by atoms with E-state index in [4.69, 9.17) is 8.83 Å². The fraction of sp³-hybridized carbons (Fsp3) is 0.500. The van der Waals surface area contributed by atoms with E-state index in [0.29, 0.717) is 35.5 Å². The van der Waals surface area contributed by atoms with Gasteiger partial charge in [0.1, 0.15) is 5.76 Å². The molecule has 130 valence electrons. The van der Waals surface area contributed by atoms with Gasteiger partial charge < -0.3 is 13.6 Å². The van der Waals surface area contributed by atoms with Crippen molar-refractivity contribution in [1.82, 2.24) is 10.2 Å². The summed E-state index contributed by atoms with van der Waals surface area (Å²) in [6, 6.07) is 3.22. The summed E-state index contributed by atoms with van der Waals surface area (Å²) in [5.41, 5.74) is 0. The molecule has 1 atom stereocenters. The van der Waals surface area contributed by atoms with Crippen molar-refractivity contribution in [2.24, 2.45) is 5.92 Å². The molecule has 3 rings (SSSR count). The van der Waals surface area contributed by atoms with E-state index in [1.54, 1.807) is 12.1 Å². The van der Waals surface area contributed by atoms with Gasteiger partial charge in [-0.1, -0.05) is 11.8 Å². The fourth-order valence-corrected chi connectivity index (χ4v) is 4.99. The number of rotatable bonds is 6. The molecule has 2 aromatic rings. The van der Waals surface area contributed by atoms with Crippen LogP contribution in [0.5, 0.6) is 0 Å². The van der Waals surface area contributed by atoms with Crippen LogP contribution >= 0.6 is 11.8 Å². The summed E-state index contributed by atoms with van der Waals surface area (Å²) in [6.07, 6.45) is 1.11. The molecule has 0 N–H and O–H groups in total. The highest BCUT2D eigenvalue weighted by Crippen LogP contribution is 2.26. The number of thioether (sulfide) groups is 1. The highest BCUT2D eigenvalue weighted by Gasteiger charge is 2.29. The summed E-state index contributed by atoms with van der Waals surface area (Å²) < 4.78 is 38.3. The maximum Gasteiger partial charge on any atom is 0.373 e. The van der Waals surface area contributed by atoms with Crippen molar-refractivity contribution in [1.29, 1.82) is 0 Å². The minimum atomic E-state index is -2.91. The van der Waals surface area contributed by atoms with Gasteiger partial charge in [-0.15, -0.1) is 10.2 Å². The average Bonchev–Trinajstić information content (AvgIpc) is 3.25. The summed E-state index contributed by atoms with van der Waals surface area (Å²) in [5.74, 6) is 1.52. The van der Waals surface area contributed by atoms with Crippen molar-refractivity contribution in [3.8, 4) is 0 Å². The molecule has 0 spiro atoms. The summed E-state index contributed by atoms with van der Waals surface area (Å²) in [5, 5.41) is 8.26. The Morgan fingerprint density at radius 1 is 1.38 bits per heavy atom. The number of carbonyl (C=O) groups excluding carboxylic acids is 1. The number of furan rings is 1. The molecule has 0 saturated carbocycles. The van der Waals surface area contributed by atoms with E-state index in [2.05, 4.69) is 14.9 Å². The van der Waals surface area contributed by atoms with Crippen LogP contribution in [-0.2, 0) is 26.7 Å². The molecular formula is C14H16N2O6S2. The Kier molecular flexibility index (Phi) is 4.95. The van der Waals surface area contributed by atoms with Crippen LogP contribution in [0.15, 0.2) is 26.2 Å². The molecule has 1 fully saturated rings. The van der Waals surface area contributed by atoms with Crippen molar-refractivity contribution in [3.05, 3.63) is 29.5 Å². The second-order valence-corrected chi connectivity index (χ2v) is 8.64. The maximum absolute atomic E-state index is 11.5. The third-order valence-electron chi connectivity index (χ3n) is 3.62. The third kappa shape index (κ3) is 4.18. The van der Waals surface area contributed by atoms with E-state index < -0.39 is 15.8 Å². The normalized spacial score (nSPS) is 19.5. The predicted molar refractivity (Wildman–Crippen MR) is 84.4 cm³/mol. The van der Waals surface area contributed by atoms with Gasteiger partial charge in [0.15, 0.2) is 9.84 Å². The number of nitrogens with zero attached hydrogens (tertiary/aromatic N) is 2. The first-order valence-electron chi connectivity index (χ1n) is 7.28. The number of esters is 1. The van der Waals surface area contributed by atoms with Gasteiger partial charge >= 0.3 is 5.97 Å². The first-order valence-corrected chi connectivity index (χ1v) is 10.1. The fourth-order valence-electron chi connectivity index (χ4n) is 2.46. The number of aromatic nitrogens is 2. The predicted octanol–water partition coefficient (Wildman–Crippen LogP) is 1.72. The zero-order chi connectivity index (χ0) is 17.2. The zero-order valence-electron chi connectivity index (χ0n) is 12.9. The SMILES string of the molecule is COC(=O)c1ccc(CSc2nnc(CC3CCS(=O)(=O)C3)o2)o1. The first kappa shape index (κ1) is 17.0. The molecule has 8 nitrogen and oxygen atoms in total. The summed E-state index contributed by atoms with van der Waals surface area (Å²) in [6.45, 7) is 0. The van der Waals surface area contributed by atoms with Crippen molar-refractivity contribution in [2.45, 2.75) is 23.8 Å². The highest BCUT2D eigenvalue weighted by molar-refractivity contribution is 7.98. The molecule has 1 aliphatic rings. The van der Waals surface area contributed by atoms with Crippen LogP contribution in [-0.4, -0.2) is 43.2 Å². The van der Waals surface area contributed by atoms with Gasteiger partial charge in [0, 0.05) is 6.42 Å². The smallest absolute Gasteiger partial charge is 0.373 e. The standard InChI is InChI=1S/C14H16N2O6S2/c1-20-13(17)11-3-2-10(21-11)7-23-14-16-15-12(22-14)6-9-4-5-24(18,19)8-9/h2-3,9H,4-8H2,1H3. The number of methoxy groups -OCH3 is 1. The Morgan fingerprint density at radius 2 is 2.21 bits per heavy atom. The largest absolute Gasteiger partial charge is 0.463 e. The highest BCUT2D eigenvalue weighted by atomic mass is 32.2. The van der Waals surface area contributed by atoms with Gasteiger partial charge in [0.25, 0.3) is 5.22 Å². The molecule has 2 aromatic heterocycles. The number of sulfone groups is 1. The van der Waals surface area contributed by atoms with E-state index >= 15 is 0 Å².